The number of hydrogen-bond donors (Lipinski definition) is 0. The Bertz CT molecular complexity index is 1270. The molecule has 0 unspecified atom stereocenters. The van der Waals surface area contributed by atoms with E-state index < -0.39 is 0 Å². The van der Waals surface area contributed by atoms with Crippen molar-refractivity contribution in [2.24, 2.45) is 13.0 Å². The maximum atomic E-state index is 13.0. The van der Waals surface area contributed by atoms with Gasteiger partial charge in [0.15, 0.2) is 0 Å². The molecule has 0 saturated carbocycles. The molecule has 5 heterocycles. The van der Waals surface area contributed by atoms with E-state index in [0.717, 1.165) is 41.1 Å². The topological polar surface area (TPSA) is 81.7 Å². The van der Waals surface area contributed by atoms with E-state index in [9.17, 15) is 4.79 Å². The molecular weight excluding hydrogens is 402 g/mol. The lowest BCUT2D eigenvalue weighted by Gasteiger charge is -2.16. The molecule has 164 valence electrons. The van der Waals surface area contributed by atoms with Gasteiger partial charge in [-0.05, 0) is 43.7 Å². The van der Waals surface area contributed by atoms with E-state index in [4.69, 9.17) is 0 Å². The molecule has 4 aromatic rings. The lowest BCUT2D eigenvalue weighted by Crippen LogP contribution is -2.18. The first-order chi connectivity index (χ1) is 15.5. The smallest absolute Gasteiger partial charge is 0.139 e. The Morgan fingerprint density at radius 1 is 1.09 bits per heavy atom. The molecule has 0 aliphatic carbocycles. The summed E-state index contributed by atoms with van der Waals surface area (Å²) in [5.74, 6) is 0.872. The molecule has 0 spiro atoms. The van der Waals surface area contributed by atoms with E-state index in [1.807, 2.05) is 60.1 Å². The molecular formula is C24H27N7O. The molecule has 8 heteroatoms. The number of aryl methyl sites for hydroxylation is 2. The zero-order valence-corrected chi connectivity index (χ0v) is 18.6. The lowest BCUT2D eigenvalue weighted by molar-refractivity contribution is -0.119. The van der Waals surface area contributed by atoms with E-state index in [-0.39, 0.29) is 5.78 Å². The number of aromatic nitrogens is 6. The van der Waals surface area contributed by atoms with Crippen molar-refractivity contribution in [2.75, 3.05) is 20.1 Å². The molecule has 5 rings (SSSR count). The first-order valence-electron chi connectivity index (χ1n) is 10.9. The number of fused-ring (bicyclic) bond motifs is 1. The van der Waals surface area contributed by atoms with Crippen LogP contribution in [0.4, 0.5) is 0 Å². The maximum Gasteiger partial charge on any atom is 0.139 e. The quantitative estimate of drug-likeness (QED) is 0.469. The summed E-state index contributed by atoms with van der Waals surface area (Å²) in [5.41, 5.74) is 4.81. The van der Waals surface area contributed by atoms with Gasteiger partial charge >= 0.3 is 0 Å². The summed E-state index contributed by atoms with van der Waals surface area (Å²) in [6, 6.07) is 5.89. The van der Waals surface area contributed by atoms with Gasteiger partial charge in [0.05, 0.1) is 29.8 Å². The van der Waals surface area contributed by atoms with Crippen LogP contribution in [-0.4, -0.2) is 60.3 Å². The number of nitrogens with zero attached hydrogens (tertiary/aromatic N) is 7. The van der Waals surface area contributed by atoms with Crippen LogP contribution >= 0.6 is 0 Å². The van der Waals surface area contributed by atoms with Crippen LogP contribution in [0.3, 0.4) is 0 Å². The summed E-state index contributed by atoms with van der Waals surface area (Å²) in [7, 11) is 4.05. The second-order valence-electron chi connectivity index (χ2n) is 8.90. The average Bonchev–Trinajstić information content (AvgIpc) is 3.46. The van der Waals surface area contributed by atoms with Gasteiger partial charge < -0.3 is 4.90 Å². The molecule has 2 atom stereocenters. The Hall–Kier alpha value is -3.39. The van der Waals surface area contributed by atoms with Crippen molar-refractivity contribution in [3.05, 3.63) is 66.1 Å². The van der Waals surface area contributed by atoms with Crippen LogP contribution in [0.1, 0.15) is 29.3 Å². The normalized spacial score (nSPS) is 19.1. The van der Waals surface area contributed by atoms with Crippen molar-refractivity contribution in [3.8, 4) is 5.69 Å². The lowest BCUT2D eigenvalue weighted by atomic mass is 9.86. The number of rotatable bonds is 6. The highest BCUT2D eigenvalue weighted by atomic mass is 16.1. The number of likely N-dealkylation sites (N-methyl/N-ethyl adjacent to an activating group) is 1. The van der Waals surface area contributed by atoms with E-state index in [0.29, 0.717) is 24.7 Å². The van der Waals surface area contributed by atoms with Crippen molar-refractivity contribution in [2.45, 2.75) is 25.7 Å². The van der Waals surface area contributed by atoms with Crippen LogP contribution in [0.15, 0.2) is 49.2 Å². The van der Waals surface area contributed by atoms with Gasteiger partial charge in [0, 0.05) is 68.1 Å². The Morgan fingerprint density at radius 2 is 1.97 bits per heavy atom. The molecule has 32 heavy (non-hydrogen) atoms. The van der Waals surface area contributed by atoms with Crippen molar-refractivity contribution < 1.29 is 4.79 Å². The number of carbonyl (C=O) groups is 1. The number of Topliss-reactive ketones (excluding diaryl/α,β-unsaturated/α-hetero) is 1. The maximum absolute atomic E-state index is 13.0. The second kappa shape index (κ2) is 8.27. The predicted molar refractivity (Wildman–Crippen MR) is 122 cm³/mol. The van der Waals surface area contributed by atoms with Gasteiger partial charge in [0.1, 0.15) is 5.78 Å². The third-order valence-electron chi connectivity index (χ3n) is 6.28. The molecule has 4 aromatic heterocycles. The van der Waals surface area contributed by atoms with E-state index >= 15 is 0 Å². The van der Waals surface area contributed by atoms with Crippen molar-refractivity contribution in [3.63, 3.8) is 0 Å². The molecule has 1 aliphatic rings. The molecule has 1 aliphatic heterocycles. The first-order valence-corrected chi connectivity index (χ1v) is 10.9. The van der Waals surface area contributed by atoms with Gasteiger partial charge in [0.2, 0.25) is 0 Å². The molecule has 0 bridgehead atoms. The molecule has 8 nitrogen and oxygen atoms in total. The molecule has 0 radical (unpaired) electrons. The summed E-state index contributed by atoms with van der Waals surface area (Å²) in [6.45, 7) is 3.84. The Labute approximate surface area is 186 Å². The Kier molecular flexibility index (Phi) is 5.30. The van der Waals surface area contributed by atoms with Crippen molar-refractivity contribution in [1.29, 1.82) is 0 Å². The SMILES string of the molecule is Cc1cc(-n2ncc3cc(CC(=O)C[C@H]4CN(C)C[C@@H]4c4cnn(C)c4)ncc32)ccn1. The minimum atomic E-state index is 0.225. The van der Waals surface area contributed by atoms with Crippen LogP contribution in [0.25, 0.3) is 16.6 Å². The predicted octanol–water partition coefficient (Wildman–Crippen LogP) is 2.70. The van der Waals surface area contributed by atoms with Crippen LogP contribution in [0.2, 0.25) is 0 Å². The summed E-state index contributed by atoms with van der Waals surface area (Å²) in [6.07, 6.45) is 10.3. The van der Waals surface area contributed by atoms with E-state index in [1.165, 1.54) is 5.56 Å². The van der Waals surface area contributed by atoms with Crippen molar-refractivity contribution in [1.82, 2.24) is 34.4 Å². The first kappa shape index (κ1) is 20.5. The molecule has 0 N–H and O–H groups in total. The third-order valence-corrected chi connectivity index (χ3v) is 6.28. The average molecular weight is 430 g/mol. The van der Waals surface area contributed by atoms with Crippen LogP contribution < -0.4 is 0 Å². The van der Waals surface area contributed by atoms with Crippen molar-refractivity contribution >= 4 is 16.7 Å². The minimum Gasteiger partial charge on any atom is -0.305 e. The number of carbonyl (C=O) groups excluding carboxylic acids is 1. The molecule has 0 aromatic carbocycles. The summed E-state index contributed by atoms with van der Waals surface area (Å²) in [4.78, 5) is 24.1. The summed E-state index contributed by atoms with van der Waals surface area (Å²) in [5, 5.41) is 9.81. The fourth-order valence-electron chi connectivity index (χ4n) is 4.81. The Balaban J connectivity index is 1.30. The van der Waals surface area contributed by atoms with Crippen LogP contribution in [0, 0.1) is 12.8 Å². The minimum absolute atomic E-state index is 0.225. The standard InChI is InChI=1S/C24H27N7O/c1-16-6-21(4-5-25-16)31-24-12-26-20(7-17(24)10-28-31)9-22(32)8-18-13-29(2)15-23(18)19-11-27-30(3)14-19/h4-7,10-12,14,18,23H,8-9,13,15H2,1-3H3/t18-,23-/m0/s1. The molecule has 1 saturated heterocycles. The Morgan fingerprint density at radius 3 is 2.75 bits per heavy atom. The number of pyridine rings is 2. The second-order valence-corrected chi connectivity index (χ2v) is 8.90. The van der Waals surface area contributed by atoms with Gasteiger partial charge in [-0.15, -0.1) is 0 Å². The monoisotopic (exact) mass is 429 g/mol. The fraction of sp³-hybridized carbons (Fsp3) is 0.375. The highest BCUT2D eigenvalue weighted by Gasteiger charge is 2.34. The highest BCUT2D eigenvalue weighted by molar-refractivity contribution is 5.84. The zero-order valence-electron chi connectivity index (χ0n) is 18.6. The van der Waals surface area contributed by atoms with Gasteiger partial charge in [-0.2, -0.15) is 10.2 Å². The van der Waals surface area contributed by atoms with E-state index in [1.54, 1.807) is 6.20 Å². The van der Waals surface area contributed by atoms with Gasteiger partial charge in [0.25, 0.3) is 0 Å². The van der Waals surface area contributed by atoms with Gasteiger partial charge in [-0.25, -0.2) is 4.68 Å². The number of hydrogen-bond acceptors (Lipinski definition) is 6. The summed E-state index contributed by atoms with van der Waals surface area (Å²) < 4.78 is 3.69. The third kappa shape index (κ3) is 4.05. The largest absolute Gasteiger partial charge is 0.305 e. The zero-order chi connectivity index (χ0) is 22.2. The molecule has 1 fully saturated rings. The molecule has 0 amide bonds. The van der Waals surface area contributed by atoms with Gasteiger partial charge in [-0.3, -0.25) is 19.4 Å². The van der Waals surface area contributed by atoms with Crippen LogP contribution in [-0.2, 0) is 18.3 Å². The van der Waals surface area contributed by atoms with Crippen LogP contribution in [0.5, 0.6) is 0 Å². The highest BCUT2D eigenvalue weighted by Crippen LogP contribution is 2.34. The fourth-order valence-corrected chi connectivity index (χ4v) is 4.81. The number of likely N-dealkylation sites (tertiary alicyclic amines) is 1. The van der Waals surface area contributed by atoms with E-state index in [2.05, 4.69) is 38.3 Å². The van der Waals surface area contributed by atoms with Gasteiger partial charge in [-0.1, -0.05) is 0 Å². The summed E-state index contributed by atoms with van der Waals surface area (Å²) >= 11 is 0. The number of ketones is 1.